The predicted molar refractivity (Wildman–Crippen MR) is 112 cm³/mol. The third-order valence-electron chi connectivity index (χ3n) is 5.59. The van der Waals surface area contributed by atoms with Crippen molar-refractivity contribution >= 4 is 46.4 Å². The smallest absolute Gasteiger partial charge is 0.227 e. The molecule has 3 aliphatic heterocycles. The van der Waals surface area contributed by atoms with E-state index >= 15 is 0 Å². The van der Waals surface area contributed by atoms with E-state index in [9.17, 15) is 8.42 Å². The monoisotopic (exact) mass is 438 g/mol. The van der Waals surface area contributed by atoms with E-state index in [0.29, 0.717) is 6.04 Å². The number of hydrogen-bond acceptors (Lipinski definition) is 8. The van der Waals surface area contributed by atoms with Gasteiger partial charge in [-0.05, 0) is 26.0 Å². The summed E-state index contributed by atoms with van der Waals surface area (Å²) >= 11 is 0. The van der Waals surface area contributed by atoms with Crippen LogP contribution in [-0.2, 0) is 9.84 Å². The highest BCUT2D eigenvalue weighted by atomic mass is 35.5. The Hall–Kier alpha value is -0.870. The van der Waals surface area contributed by atoms with Crippen LogP contribution < -0.4 is 20.4 Å². The summed E-state index contributed by atoms with van der Waals surface area (Å²) in [5, 5.41) is 6.68. The first-order chi connectivity index (χ1) is 12.1. The Labute approximate surface area is 173 Å². The number of piperidine rings is 1. The largest absolute Gasteiger partial charge is 0.350 e. The molecule has 4 heterocycles. The van der Waals surface area contributed by atoms with Gasteiger partial charge in [0.25, 0.3) is 0 Å². The summed E-state index contributed by atoms with van der Waals surface area (Å²) in [4.78, 5) is 13.6. The minimum Gasteiger partial charge on any atom is -0.350 e. The number of sulfone groups is 1. The second-order valence-electron chi connectivity index (χ2n) is 7.16. The Bertz CT molecular complexity index is 729. The van der Waals surface area contributed by atoms with Gasteiger partial charge >= 0.3 is 0 Å². The molecule has 11 heteroatoms. The molecule has 154 valence electrons. The van der Waals surface area contributed by atoms with E-state index < -0.39 is 9.84 Å². The van der Waals surface area contributed by atoms with Gasteiger partial charge in [0, 0.05) is 44.5 Å². The van der Waals surface area contributed by atoms with Crippen molar-refractivity contribution in [1.29, 1.82) is 0 Å². The number of nitrogens with one attached hydrogen (secondary N) is 2. The molecule has 3 fully saturated rings. The van der Waals surface area contributed by atoms with Gasteiger partial charge in [-0.25, -0.2) is 13.4 Å². The third kappa shape index (κ3) is 4.76. The maximum Gasteiger partial charge on any atom is 0.227 e. The molecule has 0 aliphatic carbocycles. The first-order valence-corrected chi connectivity index (χ1v) is 10.8. The maximum absolute atomic E-state index is 12.0. The van der Waals surface area contributed by atoms with Crippen LogP contribution >= 0.6 is 24.8 Å². The van der Waals surface area contributed by atoms with Crippen LogP contribution in [0, 0.1) is 0 Å². The maximum atomic E-state index is 12.0. The van der Waals surface area contributed by atoms with Gasteiger partial charge in [-0.1, -0.05) is 0 Å². The van der Waals surface area contributed by atoms with Crippen LogP contribution in [0.3, 0.4) is 0 Å². The number of rotatable bonds is 3. The zero-order chi connectivity index (χ0) is 17.4. The van der Waals surface area contributed by atoms with Gasteiger partial charge in [-0.2, -0.15) is 4.98 Å². The quantitative estimate of drug-likeness (QED) is 0.685. The molecule has 0 amide bonds. The first kappa shape index (κ1) is 22.4. The fourth-order valence-corrected chi connectivity index (χ4v) is 6.13. The van der Waals surface area contributed by atoms with Gasteiger partial charge in [-0.3, -0.25) is 0 Å². The number of anilines is 2. The average Bonchev–Trinajstić information content (AvgIpc) is 2.95. The van der Waals surface area contributed by atoms with E-state index in [2.05, 4.69) is 25.4 Å². The van der Waals surface area contributed by atoms with E-state index in [4.69, 9.17) is 4.98 Å². The van der Waals surface area contributed by atoms with Crippen molar-refractivity contribution in [2.45, 2.75) is 31.0 Å². The van der Waals surface area contributed by atoms with E-state index in [0.717, 1.165) is 50.8 Å². The summed E-state index contributed by atoms with van der Waals surface area (Å²) in [5.74, 6) is 2.03. The van der Waals surface area contributed by atoms with Crippen molar-refractivity contribution in [1.82, 2.24) is 20.6 Å². The number of fused-ring (bicyclic) bond motifs is 1. The summed E-state index contributed by atoms with van der Waals surface area (Å²) in [6.07, 6.45) is 3.96. The zero-order valence-corrected chi connectivity index (χ0v) is 17.8. The summed E-state index contributed by atoms with van der Waals surface area (Å²) < 4.78 is 24.1. The molecule has 2 N–H and O–H groups in total. The minimum absolute atomic E-state index is 0. The van der Waals surface area contributed by atoms with Crippen LogP contribution in [0.2, 0.25) is 0 Å². The van der Waals surface area contributed by atoms with Crippen molar-refractivity contribution in [2.24, 2.45) is 0 Å². The Morgan fingerprint density at radius 1 is 1.19 bits per heavy atom. The summed E-state index contributed by atoms with van der Waals surface area (Å²) in [5.41, 5.74) is 0. The summed E-state index contributed by atoms with van der Waals surface area (Å²) in [7, 11) is -0.967. The molecule has 0 unspecified atom stereocenters. The number of nitrogens with zero attached hydrogens (tertiary/aromatic N) is 4. The number of piperazine rings is 1. The van der Waals surface area contributed by atoms with Crippen LogP contribution in [0.25, 0.3) is 0 Å². The number of aromatic nitrogens is 2. The van der Waals surface area contributed by atoms with Crippen LogP contribution in [-0.4, -0.2) is 81.2 Å². The Morgan fingerprint density at radius 3 is 2.63 bits per heavy atom. The van der Waals surface area contributed by atoms with Gasteiger partial charge in [0.1, 0.15) is 5.82 Å². The Kier molecular flexibility index (Phi) is 7.54. The number of halogens is 2. The zero-order valence-electron chi connectivity index (χ0n) is 15.4. The highest BCUT2D eigenvalue weighted by molar-refractivity contribution is 7.91. The number of hydrogen-bond donors (Lipinski definition) is 2. The highest BCUT2D eigenvalue weighted by Crippen LogP contribution is 2.27. The molecule has 8 nitrogen and oxygen atoms in total. The third-order valence-corrected chi connectivity index (χ3v) is 7.31. The average molecular weight is 439 g/mol. The van der Waals surface area contributed by atoms with Crippen molar-refractivity contribution in [2.75, 3.05) is 54.5 Å². The van der Waals surface area contributed by atoms with Crippen LogP contribution in [0.15, 0.2) is 12.3 Å². The second kappa shape index (κ2) is 9.09. The fraction of sp³-hybridized carbons (Fsp3) is 0.750. The lowest BCUT2D eigenvalue weighted by atomic mass is 10.1. The first-order valence-electron chi connectivity index (χ1n) is 9.01. The van der Waals surface area contributed by atoms with Crippen molar-refractivity contribution in [3.63, 3.8) is 0 Å². The van der Waals surface area contributed by atoms with Gasteiger partial charge in [0.05, 0.1) is 17.5 Å². The lowest BCUT2D eigenvalue weighted by Gasteiger charge is -2.38. The molecule has 0 spiro atoms. The van der Waals surface area contributed by atoms with Crippen molar-refractivity contribution in [3.05, 3.63) is 12.3 Å². The van der Waals surface area contributed by atoms with E-state index in [1.807, 2.05) is 13.1 Å². The molecule has 0 bridgehead atoms. The topological polar surface area (TPSA) is 90.5 Å². The molecule has 3 aliphatic rings. The van der Waals surface area contributed by atoms with E-state index in [1.165, 1.54) is 0 Å². The van der Waals surface area contributed by atoms with Gasteiger partial charge in [0.15, 0.2) is 9.84 Å². The molecule has 1 aromatic rings. The molecule has 27 heavy (non-hydrogen) atoms. The second-order valence-corrected chi connectivity index (χ2v) is 9.32. The molecular formula is C16H28Cl2N6O2S. The van der Waals surface area contributed by atoms with E-state index in [1.54, 1.807) is 6.20 Å². The van der Waals surface area contributed by atoms with Gasteiger partial charge in [-0.15, -0.1) is 24.8 Å². The minimum atomic E-state index is -2.97. The molecule has 0 radical (unpaired) electrons. The Morgan fingerprint density at radius 2 is 1.93 bits per heavy atom. The van der Waals surface area contributed by atoms with Gasteiger partial charge in [0.2, 0.25) is 5.95 Å². The molecule has 0 saturated carbocycles. The van der Waals surface area contributed by atoms with Crippen LogP contribution in [0.5, 0.6) is 0 Å². The summed E-state index contributed by atoms with van der Waals surface area (Å²) in [6, 6.07) is 2.44. The molecule has 2 atom stereocenters. The predicted octanol–water partition coefficient (Wildman–Crippen LogP) is 0.0836. The Balaban J connectivity index is 0.00000131. The lowest BCUT2D eigenvalue weighted by molar-refractivity contribution is 0.421. The van der Waals surface area contributed by atoms with Gasteiger partial charge < -0.3 is 20.4 Å². The molecule has 3 saturated heterocycles. The van der Waals surface area contributed by atoms with Crippen LogP contribution in [0.1, 0.15) is 12.8 Å². The lowest BCUT2D eigenvalue weighted by Crippen LogP contribution is -2.57. The molecular weight excluding hydrogens is 411 g/mol. The molecule has 1 aromatic heterocycles. The summed E-state index contributed by atoms with van der Waals surface area (Å²) in [6.45, 7) is 3.44. The van der Waals surface area contributed by atoms with Crippen molar-refractivity contribution in [3.8, 4) is 0 Å². The fourth-order valence-electron chi connectivity index (χ4n) is 4.17. The molecule has 4 rings (SSSR count). The highest BCUT2D eigenvalue weighted by Gasteiger charge is 2.43. The van der Waals surface area contributed by atoms with Crippen molar-refractivity contribution < 1.29 is 8.42 Å². The van der Waals surface area contributed by atoms with E-state index in [-0.39, 0.29) is 48.4 Å². The molecule has 0 aromatic carbocycles. The SMILES string of the molecule is CNC1CCN(c2nccc(N3CCN[C@H]4CS(=O)(=O)C[C@H]43)n2)CC1.Cl.Cl. The normalized spacial score (nSPS) is 27.4. The standard InChI is InChI=1S/C16H26N6O2S.2ClH/c1-17-12-3-7-21(8-4-12)16-19-5-2-15(20-16)22-9-6-18-13-10-25(23,24)11-14(13)22;;/h2,5,12-14,17-18H,3-4,6-11H2,1H3;2*1H/t13-,14+;;/m0../s1. The van der Waals surface area contributed by atoms with Crippen LogP contribution in [0.4, 0.5) is 11.8 Å².